The zero-order chi connectivity index (χ0) is 43.4. The Kier molecular flexibility index (Phi) is 9.32. The summed E-state index contributed by atoms with van der Waals surface area (Å²) in [5.41, 5.74) is 20.1. The van der Waals surface area contributed by atoms with Crippen LogP contribution in [0.1, 0.15) is 29.5 Å². The molecular formula is C58H40N6S. The van der Waals surface area contributed by atoms with Crippen LogP contribution in [0.3, 0.4) is 0 Å². The van der Waals surface area contributed by atoms with E-state index in [-0.39, 0.29) is 0 Å². The summed E-state index contributed by atoms with van der Waals surface area (Å²) in [6.45, 7) is 0. The van der Waals surface area contributed by atoms with Gasteiger partial charge in [0.05, 0.1) is 50.1 Å². The molecule has 3 aromatic heterocycles. The molecule has 0 fully saturated rings. The van der Waals surface area contributed by atoms with E-state index in [1.807, 2.05) is 66.7 Å². The van der Waals surface area contributed by atoms with Gasteiger partial charge in [0.25, 0.3) is 0 Å². The Morgan fingerprint density at radius 1 is 0.585 bits per heavy atom. The lowest BCUT2D eigenvalue weighted by molar-refractivity contribution is 0.980. The fourth-order valence-electron chi connectivity index (χ4n) is 9.90. The molecule has 0 saturated heterocycles. The summed E-state index contributed by atoms with van der Waals surface area (Å²) in [6.07, 6.45) is 10.5. The highest BCUT2D eigenvalue weighted by molar-refractivity contribution is 7.98. The third-order valence-corrected chi connectivity index (χ3v) is 13.4. The number of rotatable bonds is 8. The predicted octanol–water partition coefficient (Wildman–Crippen LogP) is 14.5. The summed E-state index contributed by atoms with van der Waals surface area (Å²) >= 11 is 1.40. The number of nitriles is 1. The molecule has 1 aliphatic carbocycles. The molecule has 12 rings (SSSR count). The van der Waals surface area contributed by atoms with Crippen molar-refractivity contribution >= 4 is 94.5 Å². The molecule has 0 unspecified atom stereocenters. The predicted molar refractivity (Wildman–Crippen MR) is 273 cm³/mol. The zero-order valence-electron chi connectivity index (χ0n) is 35.3. The minimum absolute atomic E-state index is 0.548. The lowest BCUT2D eigenvalue weighted by Crippen LogP contribution is -2.06. The molecule has 11 aromatic rings. The number of nitrogens with zero attached hydrogens (tertiary/aromatic N) is 5. The Balaban J connectivity index is 1.27. The Bertz CT molecular complexity index is 3860. The van der Waals surface area contributed by atoms with Crippen LogP contribution >= 0.6 is 11.9 Å². The standard InChI is InChI=1S/C58H40N6S/c59-37-40-34-33-39(48(61-65-43-25-11-4-12-26-43)36-47(60)38-19-5-1-6-20-38)35-52(40)64-51-32-18-15-29-46(51)55-57-53(44-27-13-16-30-49(44)62(57)41-21-7-2-8-22-41)56-54(58(55)64)45-28-14-17-31-50(45)63(56)42-23-9-3-10-24-42/h1-9,11-23,25-36H,10,24,60H2/b47-36-,61-48?. The van der Waals surface area contributed by atoms with E-state index in [9.17, 15) is 5.26 Å². The van der Waals surface area contributed by atoms with Crippen LogP contribution in [-0.4, -0.2) is 19.4 Å². The number of allylic oxidation sites excluding steroid dienone is 5. The van der Waals surface area contributed by atoms with Gasteiger partial charge in [-0.3, -0.25) is 0 Å². The maximum Gasteiger partial charge on any atom is 0.101 e. The lowest BCUT2D eigenvalue weighted by atomic mass is 10.0. The molecule has 8 aromatic carbocycles. The first-order chi connectivity index (χ1) is 32.2. The smallest absolute Gasteiger partial charge is 0.101 e. The summed E-state index contributed by atoms with van der Waals surface area (Å²) in [5, 5.41) is 18.0. The zero-order valence-corrected chi connectivity index (χ0v) is 36.1. The highest BCUT2D eigenvalue weighted by atomic mass is 32.2. The third kappa shape index (κ3) is 6.22. The third-order valence-electron chi connectivity index (χ3n) is 12.7. The Hall–Kier alpha value is -8.31. The topological polar surface area (TPSA) is 77.0 Å². The van der Waals surface area contributed by atoms with Crippen LogP contribution in [0.4, 0.5) is 0 Å². The Labute approximate surface area is 379 Å². The van der Waals surface area contributed by atoms with Crippen molar-refractivity contribution in [3.05, 3.63) is 223 Å². The largest absolute Gasteiger partial charge is 0.398 e. The van der Waals surface area contributed by atoms with Crippen LogP contribution < -0.4 is 5.73 Å². The quantitative estimate of drug-likeness (QED) is 0.122. The van der Waals surface area contributed by atoms with Gasteiger partial charge in [0.1, 0.15) is 6.07 Å². The van der Waals surface area contributed by atoms with E-state index in [1.165, 1.54) is 28.4 Å². The van der Waals surface area contributed by atoms with Crippen LogP contribution in [0, 0.1) is 11.3 Å². The van der Waals surface area contributed by atoms with Gasteiger partial charge < -0.3 is 19.4 Å². The fraction of sp³-hybridized carbons (Fsp3) is 0.0345. The molecule has 3 heterocycles. The molecule has 0 radical (unpaired) electrons. The first-order valence-corrected chi connectivity index (χ1v) is 22.7. The average molecular weight is 853 g/mol. The second-order valence-electron chi connectivity index (χ2n) is 16.4. The number of para-hydroxylation sites is 4. The number of nitrogens with two attached hydrogens (primary N) is 1. The molecule has 0 saturated carbocycles. The van der Waals surface area contributed by atoms with Gasteiger partial charge in [0, 0.05) is 71.8 Å². The normalized spacial score (nSPS) is 13.4. The van der Waals surface area contributed by atoms with Crippen LogP contribution in [0.25, 0.3) is 88.2 Å². The summed E-state index contributed by atoms with van der Waals surface area (Å²) in [6, 6.07) is 65.8. The second kappa shape index (κ2) is 15.8. The molecule has 0 bridgehead atoms. The molecule has 6 nitrogen and oxygen atoms in total. The van der Waals surface area contributed by atoms with E-state index < -0.39 is 0 Å². The molecule has 308 valence electrons. The highest BCUT2D eigenvalue weighted by Crippen LogP contribution is 2.50. The van der Waals surface area contributed by atoms with Crippen LogP contribution in [-0.2, 0) is 0 Å². The monoisotopic (exact) mass is 852 g/mol. The van der Waals surface area contributed by atoms with Gasteiger partial charge in [-0.15, -0.1) is 0 Å². The maximum absolute atomic E-state index is 11.1. The molecule has 0 amide bonds. The molecular weight excluding hydrogens is 813 g/mol. The van der Waals surface area contributed by atoms with E-state index in [0.717, 1.165) is 94.9 Å². The van der Waals surface area contributed by atoms with E-state index in [1.54, 1.807) is 0 Å². The molecule has 0 spiro atoms. The van der Waals surface area contributed by atoms with E-state index in [4.69, 9.17) is 10.1 Å². The first kappa shape index (κ1) is 38.4. The van der Waals surface area contributed by atoms with E-state index in [2.05, 4.69) is 159 Å². The lowest BCUT2D eigenvalue weighted by Gasteiger charge is -2.16. The van der Waals surface area contributed by atoms with Crippen molar-refractivity contribution in [2.45, 2.75) is 17.7 Å². The maximum atomic E-state index is 11.1. The van der Waals surface area contributed by atoms with Gasteiger partial charge in [0.2, 0.25) is 0 Å². The molecule has 1 aliphatic rings. The van der Waals surface area contributed by atoms with Crippen LogP contribution in [0.5, 0.6) is 0 Å². The van der Waals surface area contributed by atoms with Crippen molar-refractivity contribution < 1.29 is 0 Å². The van der Waals surface area contributed by atoms with Gasteiger partial charge in [-0.05, 0) is 85.2 Å². The Morgan fingerprint density at radius 2 is 1.12 bits per heavy atom. The van der Waals surface area contributed by atoms with Crippen molar-refractivity contribution in [1.82, 2.24) is 13.7 Å². The minimum atomic E-state index is 0.548. The second-order valence-corrected chi connectivity index (χ2v) is 17.2. The minimum Gasteiger partial charge on any atom is -0.398 e. The van der Waals surface area contributed by atoms with Gasteiger partial charge in [0.15, 0.2) is 0 Å². The van der Waals surface area contributed by atoms with Crippen molar-refractivity contribution in [2.75, 3.05) is 0 Å². The van der Waals surface area contributed by atoms with E-state index >= 15 is 0 Å². The summed E-state index contributed by atoms with van der Waals surface area (Å²) in [4.78, 5) is 1.01. The SMILES string of the molecule is N#Cc1ccc(C(/C=C(\N)c2ccccc2)=NSc2ccccc2)cc1-n1c2ccccc2c2c3c(c4ccccc4n3-c3ccccc3)c3c(c4ccccc4n3C3=CC=CCC3)c21. The summed E-state index contributed by atoms with van der Waals surface area (Å²) in [7, 11) is 0. The van der Waals surface area contributed by atoms with Crippen LogP contribution in [0.2, 0.25) is 0 Å². The molecule has 0 atom stereocenters. The number of fused-ring (bicyclic) bond motifs is 12. The van der Waals surface area contributed by atoms with Crippen LogP contribution in [0.15, 0.2) is 216 Å². The number of hydrogen-bond donors (Lipinski definition) is 1. The highest BCUT2D eigenvalue weighted by Gasteiger charge is 2.29. The molecule has 7 heteroatoms. The van der Waals surface area contributed by atoms with Gasteiger partial charge in [-0.2, -0.15) is 5.26 Å². The first-order valence-electron chi connectivity index (χ1n) is 21.9. The Morgan fingerprint density at radius 3 is 1.74 bits per heavy atom. The number of aromatic nitrogens is 3. The van der Waals surface area contributed by atoms with Crippen molar-refractivity contribution in [3.8, 4) is 17.4 Å². The average Bonchev–Trinajstić information content (AvgIpc) is 4.02. The van der Waals surface area contributed by atoms with Crippen molar-refractivity contribution in [3.63, 3.8) is 0 Å². The number of hydrogen-bond acceptors (Lipinski definition) is 4. The molecule has 0 aliphatic heterocycles. The van der Waals surface area contributed by atoms with E-state index in [0.29, 0.717) is 17.0 Å². The number of benzene rings is 8. The van der Waals surface area contributed by atoms with Gasteiger partial charge >= 0.3 is 0 Å². The van der Waals surface area contributed by atoms with Crippen molar-refractivity contribution in [2.24, 2.45) is 10.1 Å². The molecule has 65 heavy (non-hydrogen) atoms. The molecule has 2 N–H and O–H groups in total. The summed E-state index contributed by atoms with van der Waals surface area (Å²) < 4.78 is 12.5. The van der Waals surface area contributed by atoms with Crippen molar-refractivity contribution in [1.29, 1.82) is 5.26 Å². The van der Waals surface area contributed by atoms with Gasteiger partial charge in [-0.25, -0.2) is 4.40 Å². The summed E-state index contributed by atoms with van der Waals surface area (Å²) in [5.74, 6) is 0. The van der Waals surface area contributed by atoms with Gasteiger partial charge in [-0.1, -0.05) is 140 Å². The fourth-order valence-corrected chi connectivity index (χ4v) is 10.5.